The first-order valence-electron chi connectivity index (χ1n) is 8.35. The summed E-state index contributed by atoms with van der Waals surface area (Å²) in [7, 11) is 0. The Morgan fingerprint density at radius 1 is 1.12 bits per heavy atom. The normalized spacial score (nSPS) is 11.0. The van der Waals surface area contributed by atoms with Crippen molar-refractivity contribution in [2.75, 3.05) is 5.32 Å². The molecule has 4 rings (SSSR count). The van der Waals surface area contributed by atoms with Crippen molar-refractivity contribution in [3.63, 3.8) is 0 Å². The molecule has 0 aliphatic heterocycles. The van der Waals surface area contributed by atoms with Gasteiger partial charge in [-0.1, -0.05) is 24.3 Å². The predicted octanol–water partition coefficient (Wildman–Crippen LogP) is 3.95. The highest BCUT2D eigenvalue weighted by Crippen LogP contribution is 2.24. The molecule has 0 spiro atoms. The number of carbonyl (C=O) groups excluding carboxylic acids is 1. The predicted molar refractivity (Wildman–Crippen MR) is 99.8 cm³/mol. The van der Waals surface area contributed by atoms with Crippen LogP contribution in [0.2, 0.25) is 0 Å². The van der Waals surface area contributed by atoms with Crippen LogP contribution in [0, 0.1) is 13.8 Å². The van der Waals surface area contributed by atoms with Gasteiger partial charge in [-0.25, -0.2) is 0 Å². The minimum Gasteiger partial charge on any atom is -0.421 e. The summed E-state index contributed by atoms with van der Waals surface area (Å²) in [6.45, 7) is 3.96. The Balaban J connectivity index is 1.60. The third kappa shape index (κ3) is 3.09. The average Bonchev–Trinajstić information content (AvgIpc) is 3.23. The average molecular weight is 346 g/mol. The third-order valence-electron chi connectivity index (χ3n) is 4.28. The lowest BCUT2D eigenvalue weighted by Crippen LogP contribution is -2.18. The minimum absolute atomic E-state index is 0.0733. The molecule has 0 atom stereocenters. The molecule has 2 heterocycles. The van der Waals surface area contributed by atoms with E-state index in [1.54, 1.807) is 6.92 Å². The summed E-state index contributed by atoms with van der Waals surface area (Å²) >= 11 is 0. The summed E-state index contributed by atoms with van der Waals surface area (Å²) in [5, 5.41) is 11.9. The van der Waals surface area contributed by atoms with Crippen LogP contribution in [0.25, 0.3) is 22.4 Å². The molecule has 0 bridgehead atoms. The van der Waals surface area contributed by atoms with Crippen LogP contribution >= 0.6 is 0 Å². The van der Waals surface area contributed by atoms with Gasteiger partial charge >= 0.3 is 0 Å². The van der Waals surface area contributed by atoms with Gasteiger partial charge in [-0.15, -0.1) is 10.2 Å². The number of aryl methyl sites for hydroxylation is 2. The van der Waals surface area contributed by atoms with E-state index in [2.05, 4.69) is 15.5 Å². The van der Waals surface area contributed by atoms with Crippen molar-refractivity contribution in [2.24, 2.45) is 0 Å². The lowest BCUT2D eigenvalue weighted by molar-refractivity contribution is -0.116. The molecule has 0 saturated heterocycles. The van der Waals surface area contributed by atoms with Crippen LogP contribution in [0.5, 0.6) is 0 Å². The standard InChI is InChI=1S/C20H18N4O2/c1-13-5-3-4-6-17(13)21-19(25)12-24-10-9-15-7-8-16(11-18(15)24)20-23-22-14(2)26-20/h3-11H,12H2,1-2H3,(H,21,25). The van der Waals surface area contributed by atoms with Gasteiger partial charge < -0.3 is 14.3 Å². The molecule has 0 saturated carbocycles. The summed E-state index contributed by atoms with van der Waals surface area (Å²) in [6, 6.07) is 15.6. The molecular weight excluding hydrogens is 328 g/mol. The highest BCUT2D eigenvalue weighted by molar-refractivity contribution is 5.93. The quantitative estimate of drug-likeness (QED) is 0.607. The van der Waals surface area contributed by atoms with Crippen molar-refractivity contribution < 1.29 is 9.21 Å². The number of aromatic nitrogens is 3. The first-order chi connectivity index (χ1) is 12.6. The van der Waals surface area contributed by atoms with Crippen LogP contribution in [0.1, 0.15) is 11.5 Å². The zero-order valence-corrected chi connectivity index (χ0v) is 14.6. The van der Waals surface area contributed by atoms with E-state index in [-0.39, 0.29) is 12.5 Å². The lowest BCUT2D eigenvalue weighted by Gasteiger charge is -2.10. The van der Waals surface area contributed by atoms with E-state index in [1.165, 1.54) is 0 Å². The summed E-state index contributed by atoms with van der Waals surface area (Å²) in [5.74, 6) is 0.922. The van der Waals surface area contributed by atoms with Crippen molar-refractivity contribution >= 4 is 22.5 Å². The number of anilines is 1. The number of fused-ring (bicyclic) bond motifs is 1. The fraction of sp³-hybridized carbons (Fsp3) is 0.150. The van der Waals surface area contributed by atoms with Gasteiger partial charge in [0.25, 0.3) is 0 Å². The van der Waals surface area contributed by atoms with Gasteiger partial charge in [-0.2, -0.15) is 0 Å². The molecule has 1 N–H and O–H groups in total. The molecule has 6 heteroatoms. The molecular formula is C20H18N4O2. The zero-order valence-electron chi connectivity index (χ0n) is 14.6. The molecule has 6 nitrogen and oxygen atoms in total. The number of nitrogens with one attached hydrogen (secondary N) is 1. The molecule has 4 aromatic rings. The van der Waals surface area contributed by atoms with Crippen LogP contribution in [0.3, 0.4) is 0 Å². The minimum atomic E-state index is -0.0733. The Hall–Kier alpha value is -3.41. The van der Waals surface area contributed by atoms with E-state index in [0.717, 1.165) is 27.7 Å². The van der Waals surface area contributed by atoms with Gasteiger partial charge in [0.05, 0.1) is 0 Å². The second-order valence-corrected chi connectivity index (χ2v) is 6.21. The van der Waals surface area contributed by atoms with Gasteiger partial charge in [0.2, 0.25) is 17.7 Å². The molecule has 0 fully saturated rings. The van der Waals surface area contributed by atoms with E-state index >= 15 is 0 Å². The van der Waals surface area contributed by atoms with Crippen molar-refractivity contribution in [3.8, 4) is 11.5 Å². The molecule has 2 aromatic heterocycles. The number of amides is 1. The van der Waals surface area contributed by atoms with Gasteiger partial charge in [-0.05, 0) is 42.1 Å². The molecule has 130 valence electrons. The Morgan fingerprint density at radius 3 is 2.73 bits per heavy atom. The highest BCUT2D eigenvalue weighted by Gasteiger charge is 2.11. The second kappa shape index (κ2) is 6.48. The van der Waals surface area contributed by atoms with Crippen molar-refractivity contribution in [2.45, 2.75) is 20.4 Å². The highest BCUT2D eigenvalue weighted by atomic mass is 16.4. The number of carbonyl (C=O) groups is 1. The van der Waals surface area contributed by atoms with Gasteiger partial charge in [0.1, 0.15) is 6.54 Å². The molecule has 1 amide bonds. The van der Waals surface area contributed by atoms with E-state index in [4.69, 9.17) is 4.42 Å². The van der Waals surface area contributed by atoms with Gasteiger partial charge in [-0.3, -0.25) is 4.79 Å². The van der Waals surface area contributed by atoms with Crippen molar-refractivity contribution in [1.29, 1.82) is 0 Å². The van der Waals surface area contributed by atoms with E-state index in [9.17, 15) is 4.79 Å². The maximum atomic E-state index is 12.5. The second-order valence-electron chi connectivity index (χ2n) is 6.21. The topological polar surface area (TPSA) is 73.0 Å². The summed E-state index contributed by atoms with van der Waals surface area (Å²) in [5.41, 5.74) is 3.64. The first kappa shape index (κ1) is 16.1. The van der Waals surface area contributed by atoms with Gasteiger partial charge in [0, 0.05) is 29.9 Å². The fourth-order valence-corrected chi connectivity index (χ4v) is 2.93. The molecule has 0 aliphatic carbocycles. The largest absolute Gasteiger partial charge is 0.421 e. The van der Waals surface area contributed by atoms with Crippen LogP contribution in [0.15, 0.2) is 59.1 Å². The fourth-order valence-electron chi connectivity index (χ4n) is 2.93. The third-order valence-corrected chi connectivity index (χ3v) is 4.28. The van der Waals surface area contributed by atoms with Crippen LogP contribution < -0.4 is 5.32 Å². The summed E-state index contributed by atoms with van der Waals surface area (Å²) < 4.78 is 7.41. The Bertz CT molecular complexity index is 1090. The van der Waals surface area contributed by atoms with E-state index < -0.39 is 0 Å². The Kier molecular flexibility index (Phi) is 4.01. The SMILES string of the molecule is Cc1nnc(-c2ccc3ccn(CC(=O)Nc4ccccc4C)c3c2)o1. The van der Waals surface area contributed by atoms with Crippen LogP contribution in [-0.2, 0) is 11.3 Å². The number of hydrogen-bond donors (Lipinski definition) is 1. The van der Waals surface area contributed by atoms with Crippen molar-refractivity contribution in [1.82, 2.24) is 14.8 Å². The number of hydrogen-bond acceptors (Lipinski definition) is 4. The zero-order chi connectivity index (χ0) is 18.1. The lowest BCUT2D eigenvalue weighted by atomic mass is 10.1. The number of benzene rings is 2. The molecule has 0 radical (unpaired) electrons. The Labute approximate surface area is 150 Å². The summed E-state index contributed by atoms with van der Waals surface area (Å²) in [6.07, 6.45) is 1.91. The first-order valence-corrected chi connectivity index (χ1v) is 8.35. The summed E-state index contributed by atoms with van der Waals surface area (Å²) in [4.78, 5) is 12.5. The van der Waals surface area contributed by atoms with Crippen LogP contribution in [-0.4, -0.2) is 20.7 Å². The van der Waals surface area contributed by atoms with Crippen molar-refractivity contribution in [3.05, 3.63) is 66.2 Å². The Morgan fingerprint density at radius 2 is 1.96 bits per heavy atom. The smallest absolute Gasteiger partial charge is 0.247 e. The molecule has 2 aromatic carbocycles. The van der Waals surface area contributed by atoms with Gasteiger partial charge in [0.15, 0.2) is 0 Å². The molecule has 0 aliphatic rings. The molecule has 26 heavy (non-hydrogen) atoms. The van der Waals surface area contributed by atoms with E-state index in [0.29, 0.717) is 11.8 Å². The van der Waals surface area contributed by atoms with Crippen LogP contribution in [0.4, 0.5) is 5.69 Å². The maximum Gasteiger partial charge on any atom is 0.247 e. The number of para-hydroxylation sites is 1. The number of nitrogens with zero attached hydrogens (tertiary/aromatic N) is 3. The molecule has 0 unspecified atom stereocenters. The maximum absolute atomic E-state index is 12.5. The monoisotopic (exact) mass is 346 g/mol. The number of rotatable bonds is 4. The van der Waals surface area contributed by atoms with E-state index in [1.807, 2.05) is 66.2 Å².